The maximum absolute atomic E-state index is 6.24. The molecule has 0 saturated heterocycles. The molecule has 1 N–H and O–H groups in total. The lowest BCUT2D eigenvalue weighted by Crippen LogP contribution is -2.17. The number of rotatable bonds is 5. The van der Waals surface area contributed by atoms with E-state index in [4.69, 9.17) is 11.6 Å². The largest absolute Gasteiger partial charge is 0.316 e. The van der Waals surface area contributed by atoms with E-state index in [2.05, 4.69) is 29.4 Å². The van der Waals surface area contributed by atoms with Gasteiger partial charge in [0.25, 0.3) is 0 Å². The van der Waals surface area contributed by atoms with Crippen LogP contribution in [0.4, 0.5) is 0 Å². The number of pyridine rings is 1. The van der Waals surface area contributed by atoms with Gasteiger partial charge in [0, 0.05) is 16.6 Å². The average molecular weight is 275 g/mol. The first-order valence-electron chi connectivity index (χ1n) is 7.05. The third-order valence-electron chi connectivity index (χ3n) is 3.90. The summed E-state index contributed by atoms with van der Waals surface area (Å²) in [5, 5.41) is 5.39. The molecule has 19 heavy (non-hydrogen) atoms. The highest BCUT2D eigenvalue weighted by atomic mass is 35.5. The lowest BCUT2D eigenvalue weighted by atomic mass is 10.0. The number of halogens is 1. The molecule has 1 saturated carbocycles. The Balaban J connectivity index is 1.81. The predicted molar refractivity (Wildman–Crippen MR) is 80.8 cm³/mol. The van der Waals surface area contributed by atoms with Gasteiger partial charge in [0.1, 0.15) is 0 Å². The van der Waals surface area contributed by atoms with Crippen molar-refractivity contribution in [3.63, 3.8) is 0 Å². The summed E-state index contributed by atoms with van der Waals surface area (Å²) < 4.78 is 0. The molecule has 2 unspecified atom stereocenters. The number of fused-ring (bicyclic) bond motifs is 1. The number of nitrogens with one attached hydrogen (secondary N) is 1. The van der Waals surface area contributed by atoms with E-state index < -0.39 is 0 Å². The second-order valence-electron chi connectivity index (χ2n) is 5.34. The average Bonchev–Trinajstić information content (AvgIpc) is 3.19. The third kappa shape index (κ3) is 2.60. The minimum atomic E-state index is 0.652. The first-order chi connectivity index (χ1) is 9.31. The van der Waals surface area contributed by atoms with Crippen LogP contribution in [0.2, 0.25) is 5.02 Å². The van der Waals surface area contributed by atoms with E-state index in [-0.39, 0.29) is 0 Å². The second kappa shape index (κ2) is 5.48. The monoisotopic (exact) mass is 274 g/mol. The van der Waals surface area contributed by atoms with Crippen molar-refractivity contribution in [1.82, 2.24) is 10.3 Å². The van der Waals surface area contributed by atoms with Crippen molar-refractivity contribution in [1.29, 1.82) is 0 Å². The zero-order valence-electron chi connectivity index (χ0n) is 11.2. The van der Waals surface area contributed by atoms with Gasteiger partial charge in [-0.2, -0.15) is 0 Å². The third-order valence-corrected chi connectivity index (χ3v) is 4.23. The Kier molecular flexibility index (Phi) is 3.72. The zero-order valence-corrected chi connectivity index (χ0v) is 12.0. The van der Waals surface area contributed by atoms with Crippen molar-refractivity contribution in [2.24, 2.45) is 5.92 Å². The molecule has 1 aromatic heterocycles. The summed E-state index contributed by atoms with van der Waals surface area (Å²) in [5.74, 6) is 1.41. The highest BCUT2D eigenvalue weighted by Gasteiger charge is 2.38. The smallest absolute Gasteiger partial charge is 0.0751 e. The van der Waals surface area contributed by atoms with Crippen molar-refractivity contribution in [2.45, 2.75) is 25.7 Å². The molecule has 0 spiro atoms. The van der Waals surface area contributed by atoms with E-state index in [0.29, 0.717) is 5.92 Å². The summed E-state index contributed by atoms with van der Waals surface area (Å²) >= 11 is 6.24. The van der Waals surface area contributed by atoms with Gasteiger partial charge in [0.15, 0.2) is 0 Å². The summed E-state index contributed by atoms with van der Waals surface area (Å²) in [5.41, 5.74) is 2.45. The Morgan fingerprint density at radius 1 is 1.37 bits per heavy atom. The summed E-state index contributed by atoms with van der Waals surface area (Å²) in [6, 6.07) is 8.17. The Hall–Kier alpha value is -1.12. The Morgan fingerprint density at radius 2 is 2.26 bits per heavy atom. The van der Waals surface area contributed by atoms with Crippen LogP contribution >= 0.6 is 11.6 Å². The highest BCUT2D eigenvalue weighted by Crippen LogP contribution is 2.49. The lowest BCUT2D eigenvalue weighted by molar-refractivity contribution is 0.620. The van der Waals surface area contributed by atoms with E-state index in [1.165, 1.54) is 18.4 Å². The molecule has 100 valence electrons. The van der Waals surface area contributed by atoms with Gasteiger partial charge in [-0.05, 0) is 61.5 Å². The molecule has 1 aliphatic rings. The summed E-state index contributed by atoms with van der Waals surface area (Å²) in [6.07, 6.45) is 4.32. The van der Waals surface area contributed by atoms with Gasteiger partial charge < -0.3 is 5.32 Å². The van der Waals surface area contributed by atoms with Crippen LogP contribution in [0, 0.1) is 5.92 Å². The number of benzene rings is 1. The Bertz CT molecular complexity index is 582. The molecule has 3 rings (SSSR count). The molecule has 0 radical (unpaired) electrons. The van der Waals surface area contributed by atoms with Crippen LogP contribution in [-0.4, -0.2) is 18.1 Å². The van der Waals surface area contributed by atoms with Gasteiger partial charge in [0.2, 0.25) is 0 Å². The summed E-state index contributed by atoms with van der Waals surface area (Å²) in [6.45, 7) is 4.44. The van der Waals surface area contributed by atoms with Crippen molar-refractivity contribution in [3.05, 3.63) is 41.0 Å². The molecule has 0 aliphatic heterocycles. The Labute approximate surface area is 119 Å². The van der Waals surface area contributed by atoms with Crippen LogP contribution in [0.15, 0.2) is 30.5 Å². The SMILES string of the molecule is CCCNCC1CC1c1ccc(Cl)c2cccnc12. The van der Waals surface area contributed by atoms with E-state index in [1.54, 1.807) is 0 Å². The van der Waals surface area contributed by atoms with Crippen molar-refractivity contribution < 1.29 is 0 Å². The summed E-state index contributed by atoms with van der Waals surface area (Å²) in [7, 11) is 0. The van der Waals surface area contributed by atoms with Crippen LogP contribution < -0.4 is 5.32 Å². The van der Waals surface area contributed by atoms with E-state index in [9.17, 15) is 0 Å². The summed E-state index contributed by atoms with van der Waals surface area (Å²) in [4.78, 5) is 4.53. The van der Waals surface area contributed by atoms with Gasteiger partial charge in [-0.15, -0.1) is 0 Å². The molecular formula is C16H19ClN2. The van der Waals surface area contributed by atoms with E-state index >= 15 is 0 Å². The molecule has 2 atom stereocenters. The molecule has 2 aromatic rings. The fourth-order valence-electron chi connectivity index (χ4n) is 2.78. The molecule has 0 bridgehead atoms. The molecule has 3 heteroatoms. The molecule has 1 fully saturated rings. The van der Waals surface area contributed by atoms with Gasteiger partial charge in [-0.3, -0.25) is 4.98 Å². The second-order valence-corrected chi connectivity index (χ2v) is 5.75. The van der Waals surface area contributed by atoms with Crippen LogP contribution in [0.5, 0.6) is 0 Å². The van der Waals surface area contributed by atoms with Crippen molar-refractivity contribution in [3.8, 4) is 0 Å². The highest BCUT2D eigenvalue weighted by molar-refractivity contribution is 6.35. The number of nitrogens with zero attached hydrogens (tertiary/aromatic N) is 1. The molecule has 2 nitrogen and oxygen atoms in total. The predicted octanol–water partition coefficient (Wildman–Crippen LogP) is 3.99. The van der Waals surface area contributed by atoms with Gasteiger partial charge in [0.05, 0.1) is 5.52 Å². The number of aromatic nitrogens is 1. The van der Waals surface area contributed by atoms with Crippen LogP contribution in [0.25, 0.3) is 10.9 Å². The van der Waals surface area contributed by atoms with Crippen molar-refractivity contribution in [2.75, 3.05) is 13.1 Å². The lowest BCUT2D eigenvalue weighted by Gasteiger charge is -2.07. The first kappa shape index (κ1) is 12.9. The van der Waals surface area contributed by atoms with Gasteiger partial charge in [-0.1, -0.05) is 24.6 Å². The molecule has 0 amide bonds. The van der Waals surface area contributed by atoms with Crippen molar-refractivity contribution >= 4 is 22.5 Å². The topological polar surface area (TPSA) is 24.9 Å². The van der Waals surface area contributed by atoms with Crippen LogP contribution in [0.3, 0.4) is 0 Å². The Morgan fingerprint density at radius 3 is 3.11 bits per heavy atom. The minimum absolute atomic E-state index is 0.652. The normalized spacial score (nSPS) is 21.8. The molecule has 1 heterocycles. The van der Waals surface area contributed by atoms with Gasteiger partial charge in [-0.25, -0.2) is 0 Å². The maximum atomic E-state index is 6.24. The van der Waals surface area contributed by atoms with E-state index in [1.807, 2.05) is 18.3 Å². The van der Waals surface area contributed by atoms with Crippen LogP contribution in [0.1, 0.15) is 31.2 Å². The van der Waals surface area contributed by atoms with Crippen LogP contribution in [-0.2, 0) is 0 Å². The maximum Gasteiger partial charge on any atom is 0.0751 e. The standard InChI is InChI=1S/C16H19ClN2/c1-2-7-18-10-11-9-14(11)12-5-6-15(17)13-4-3-8-19-16(12)13/h3-6,8,11,14,18H,2,7,9-10H2,1H3. The quantitative estimate of drug-likeness (QED) is 0.834. The fourth-order valence-corrected chi connectivity index (χ4v) is 2.99. The van der Waals surface area contributed by atoms with E-state index in [0.717, 1.165) is 34.9 Å². The molecule has 1 aromatic carbocycles. The molecule has 1 aliphatic carbocycles. The van der Waals surface area contributed by atoms with Gasteiger partial charge >= 0.3 is 0 Å². The fraction of sp³-hybridized carbons (Fsp3) is 0.438. The number of hydrogen-bond donors (Lipinski definition) is 1. The molecular weight excluding hydrogens is 256 g/mol. The first-order valence-corrected chi connectivity index (χ1v) is 7.43. The number of hydrogen-bond acceptors (Lipinski definition) is 2. The minimum Gasteiger partial charge on any atom is -0.316 e. The zero-order chi connectivity index (χ0) is 13.2.